The predicted octanol–water partition coefficient (Wildman–Crippen LogP) is 4.22. The second-order valence-corrected chi connectivity index (χ2v) is 13.7. The summed E-state index contributed by atoms with van der Waals surface area (Å²) in [7, 11) is 0. The molecule has 2 amide bonds. The van der Waals surface area contributed by atoms with E-state index in [1.54, 1.807) is 18.2 Å². The molecule has 4 aliphatic rings. The summed E-state index contributed by atoms with van der Waals surface area (Å²) in [6.45, 7) is 5.52. The molecular weight excluding hydrogens is 550 g/mol. The lowest BCUT2D eigenvalue weighted by molar-refractivity contribution is -0.150. The van der Waals surface area contributed by atoms with E-state index < -0.39 is 41.6 Å². The predicted molar refractivity (Wildman–Crippen MR) is 155 cm³/mol. The van der Waals surface area contributed by atoms with Gasteiger partial charge in [0.05, 0.1) is 29.2 Å². The zero-order valence-electron chi connectivity index (χ0n) is 24.9. The first-order valence-electron chi connectivity index (χ1n) is 15.4. The third kappa shape index (κ3) is 5.97. The minimum Gasteiger partial charge on any atom is -0.480 e. The Kier molecular flexibility index (Phi) is 7.65. The number of aromatic nitrogens is 2. The van der Waals surface area contributed by atoms with Gasteiger partial charge in [-0.05, 0) is 73.5 Å². The number of carboxylic acid groups (broad SMARTS) is 1. The van der Waals surface area contributed by atoms with Crippen molar-refractivity contribution in [1.82, 2.24) is 20.2 Å². The van der Waals surface area contributed by atoms with E-state index in [1.807, 2.05) is 20.8 Å². The Morgan fingerprint density at radius 3 is 2.63 bits per heavy atom. The van der Waals surface area contributed by atoms with Crippen molar-refractivity contribution in [2.75, 3.05) is 6.54 Å². The monoisotopic (exact) mass is 589 g/mol. The number of nitriles is 1. The SMILES string of the molecule is CC(C)(C)[C@@H]1NC(=O)O[C@@H]2CC3C[C@@H]3[C@H]2CCCCCc2nc3ccc(C#N)cc3nc2O[C@@H]2C[C@@H](C(=O)O)N(C2)C1=O. The van der Waals surface area contributed by atoms with E-state index in [4.69, 9.17) is 19.4 Å². The maximum atomic E-state index is 14.0. The summed E-state index contributed by atoms with van der Waals surface area (Å²) in [5.74, 6) is 0.172. The molecule has 2 saturated carbocycles. The molecule has 2 aromatic rings. The molecule has 1 unspecified atom stereocenters. The molecule has 2 bridgehead atoms. The lowest BCUT2D eigenvalue weighted by Crippen LogP contribution is -2.57. The fraction of sp³-hybridized carbons (Fsp3) is 0.625. The molecular formula is C32H39N5O6. The molecule has 2 aliphatic carbocycles. The van der Waals surface area contributed by atoms with E-state index in [9.17, 15) is 24.8 Å². The average molecular weight is 590 g/mol. The molecule has 0 radical (unpaired) electrons. The van der Waals surface area contributed by atoms with Crippen LogP contribution in [0, 0.1) is 34.5 Å². The van der Waals surface area contributed by atoms with Crippen LogP contribution in [0.2, 0.25) is 0 Å². The van der Waals surface area contributed by atoms with E-state index in [0.29, 0.717) is 52.3 Å². The Hall–Kier alpha value is -3.94. The fourth-order valence-electron chi connectivity index (χ4n) is 7.22. The number of benzene rings is 1. The Balaban J connectivity index is 1.34. The van der Waals surface area contributed by atoms with Crippen LogP contribution in [0.1, 0.15) is 77.0 Å². The number of amides is 2. The molecule has 43 heavy (non-hydrogen) atoms. The highest BCUT2D eigenvalue weighted by atomic mass is 16.6. The highest BCUT2D eigenvalue weighted by Crippen LogP contribution is 2.57. The number of ether oxygens (including phenoxy) is 2. The maximum Gasteiger partial charge on any atom is 0.408 e. The average Bonchev–Trinajstić information content (AvgIpc) is 3.44. The van der Waals surface area contributed by atoms with E-state index >= 15 is 0 Å². The quantitative estimate of drug-likeness (QED) is 0.497. The van der Waals surface area contributed by atoms with Gasteiger partial charge in [-0.3, -0.25) is 4.79 Å². The molecule has 1 aromatic carbocycles. The number of nitrogens with one attached hydrogen (secondary N) is 1. The van der Waals surface area contributed by atoms with Crippen LogP contribution in [0.4, 0.5) is 4.79 Å². The van der Waals surface area contributed by atoms with Crippen LogP contribution in [0.25, 0.3) is 11.0 Å². The second kappa shape index (κ2) is 11.3. The summed E-state index contributed by atoms with van der Waals surface area (Å²) in [5.41, 5.74) is 1.60. The fourth-order valence-corrected chi connectivity index (χ4v) is 7.22. The number of hydrogen-bond donors (Lipinski definition) is 2. The molecule has 3 heterocycles. The van der Waals surface area contributed by atoms with Gasteiger partial charge in [-0.25, -0.2) is 19.6 Å². The van der Waals surface area contributed by atoms with Gasteiger partial charge in [0.25, 0.3) is 0 Å². The molecule has 3 fully saturated rings. The number of hydrogen-bond acceptors (Lipinski definition) is 8. The number of carbonyl (C=O) groups excluding carboxylic acids is 2. The van der Waals surface area contributed by atoms with Crippen LogP contribution in [0.15, 0.2) is 18.2 Å². The highest BCUT2D eigenvalue weighted by Gasteiger charge is 2.54. The van der Waals surface area contributed by atoms with Gasteiger partial charge in [0, 0.05) is 6.42 Å². The molecule has 0 spiro atoms. The molecule has 11 heteroatoms. The summed E-state index contributed by atoms with van der Waals surface area (Å²) in [4.78, 5) is 50.3. The zero-order valence-corrected chi connectivity index (χ0v) is 24.9. The lowest BCUT2D eigenvalue weighted by atomic mass is 9.85. The van der Waals surface area contributed by atoms with E-state index in [2.05, 4.69) is 11.4 Å². The number of fused-ring (bicyclic) bond motifs is 7. The van der Waals surface area contributed by atoms with Crippen molar-refractivity contribution < 1.29 is 29.0 Å². The summed E-state index contributed by atoms with van der Waals surface area (Å²) in [6.07, 6.45) is 5.08. The zero-order chi connectivity index (χ0) is 30.5. The molecule has 6 rings (SSSR count). The Morgan fingerprint density at radius 1 is 1.07 bits per heavy atom. The van der Waals surface area contributed by atoms with Crippen LogP contribution in [-0.2, 0) is 20.7 Å². The first-order chi connectivity index (χ1) is 20.5. The number of carboxylic acids is 1. The third-order valence-electron chi connectivity index (χ3n) is 9.56. The summed E-state index contributed by atoms with van der Waals surface area (Å²) in [5, 5.41) is 22.3. The van der Waals surface area contributed by atoms with Gasteiger partial charge >= 0.3 is 12.1 Å². The van der Waals surface area contributed by atoms with E-state index in [0.717, 1.165) is 32.1 Å². The molecule has 2 N–H and O–H groups in total. The van der Waals surface area contributed by atoms with Gasteiger partial charge in [0.2, 0.25) is 11.8 Å². The maximum absolute atomic E-state index is 14.0. The minimum absolute atomic E-state index is 0.0184. The van der Waals surface area contributed by atoms with Crippen LogP contribution in [0.3, 0.4) is 0 Å². The Bertz CT molecular complexity index is 1480. The topological polar surface area (TPSA) is 155 Å². The van der Waals surface area contributed by atoms with E-state index in [-0.39, 0.29) is 19.1 Å². The largest absolute Gasteiger partial charge is 0.480 e. The van der Waals surface area contributed by atoms with Gasteiger partial charge in [-0.1, -0.05) is 33.6 Å². The molecule has 228 valence electrons. The molecule has 1 aromatic heterocycles. The van der Waals surface area contributed by atoms with Gasteiger partial charge in [-0.15, -0.1) is 0 Å². The molecule has 11 nitrogen and oxygen atoms in total. The van der Waals surface area contributed by atoms with Crippen LogP contribution >= 0.6 is 0 Å². The molecule has 2 aliphatic heterocycles. The molecule has 7 atom stereocenters. The summed E-state index contributed by atoms with van der Waals surface area (Å²) >= 11 is 0. The first-order valence-corrected chi connectivity index (χ1v) is 15.4. The number of aliphatic carboxylic acids is 1. The van der Waals surface area contributed by atoms with Crippen LogP contribution in [-0.4, -0.2) is 68.8 Å². The van der Waals surface area contributed by atoms with Crippen molar-refractivity contribution >= 4 is 29.0 Å². The van der Waals surface area contributed by atoms with Crippen LogP contribution < -0.4 is 10.1 Å². The normalized spacial score (nSPS) is 31.3. The number of aryl methyl sites for hydroxylation is 1. The third-order valence-corrected chi connectivity index (χ3v) is 9.56. The van der Waals surface area contributed by atoms with Gasteiger partial charge < -0.3 is 24.8 Å². The smallest absolute Gasteiger partial charge is 0.408 e. The van der Waals surface area contributed by atoms with Crippen LogP contribution in [0.5, 0.6) is 5.88 Å². The van der Waals surface area contributed by atoms with Gasteiger partial charge in [0.1, 0.15) is 30.0 Å². The van der Waals surface area contributed by atoms with Gasteiger partial charge in [0.15, 0.2) is 0 Å². The molecule has 1 saturated heterocycles. The number of rotatable bonds is 1. The number of carbonyl (C=O) groups is 3. The summed E-state index contributed by atoms with van der Waals surface area (Å²) in [6, 6.07) is 5.14. The van der Waals surface area contributed by atoms with Crippen molar-refractivity contribution in [3.8, 4) is 11.9 Å². The Labute approximate surface area is 250 Å². The van der Waals surface area contributed by atoms with Crippen molar-refractivity contribution in [1.29, 1.82) is 5.26 Å². The van der Waals surface area contributed by atoms with Crippen molar-refractivity contribution in [2.45, 2.75) is 96.4 Å². The number of nitrogens with zero attached hydrogens (tertiary/aromatic N) is 4. The van der Waals surface area contributed by atoms with Gasteiger partial charge in [-0.2, -0.15) is 5.26 Å². The first kappa shape index (κ1) is 29.1. The van der Waals surface area contributed by atoms with Crippen molar-refractivity contribution in [2.24, 2.45) is 23.2 Å². The standard InChI is InChI=1S/C32H39N5O6/c1-32(2,3)27-29(38)37-16-19(14-25(37)30(39)40)42-28-23(34-22-10-9-17(15-33)11-24(22)35-28)8-6-4-5-7-20-21-12-18(21)13-26(20)43-31(41)36-27/h9-11,18-21,25-27H,4-8,12-14,16H2,1-3H3,(H,36,41)(H,39,40)/t18?,19-,20-,21+,25+,26-,27-/m1/s1. The van der Waals surface area contributed by atoms with Crippen molar-refractivity contribution in [3.05, 3.63) is 29.5 Å². The second-order valence-electron chi connectivity index (χ2n) is 13.7. The minimum atomic E-state index is -1.14. The lowest BCUT2D eigenvalue weighted by Gasteiger charge is -2.35. The van der Waals surface area contributed by atoms with Crippen molar-refractivity contribution in [3.63, 3.8) is 0 Å². The highest BCUT2D eigenvalue weighted by molar-refractivity contribution is 5.90. The number of alkyl carbamates (subject to hydrolysis) is 1. The van der Waals surface area contributed by atoms with E-state index in [1.165, 1.54) is 11.3 Å². The summed E-state index contributed by atoms with van der Waals surface area (Å²) < 4.78 is 12.3. The Morgan fingerprint density at radius 2 is 1.88 bits per heavy atom.